The van der Waals surface area contributed by atoms with Crippen LogP contribution in [0.3, 0.4) is 0 Å². The summed E-state index contributed by atoms with van der Waals surface area (Å²) < 4.78 is 31.6. The Morgan fingerprint density at radius 1 is 1.33 bits per heavy atom. The van der Waals surface area contributed by atoms with Crippen molar-refractivity contribution in [2.45, 2.75) is 32.9 Å². The molecule has 0 atom stereocenters. The molecule has 0 saturated heterocycles. The molecule has 0 heterocycles. The predicted molar refractivity (Wildman–Crippen MR) is 86.4 cm³/mol. The summed E-state index contributed by atoms with van der Waals surface area (Å²) in [6.07, 6.45) is 0.563. The third-order valence-corrected chi connectivity index (χ3v) is 4.67. The molecule has 0 unspecified atom stereocenters. The minimum Gasteiger partial charge on any atom is -0.496 e. The van der Waals surface area contributed by atoms with Gasteiger partial charge in [0, 0.05) is 23.2 Å². The Kier molecular flexibility index (Phi) is 7.45. The topological polar surface area (TPSA) is 67.4 Å². The number of halogens is 1. The highest BCUT2D eigenvalue weighted by Crippen LogP contribution is 2.26. The SMILES string of the molecule is COc1cccc(Cl)c1CNS(=O)(=O)CCCNC(C)C. The molecule has 7 heteroatoms. The molecule has 21 heavy (non-hydrogen) atoms. The van der Waals surface area contributed by atoms with Crippen molar-refractivity contribution in [1.82, 2.24) is 10.0 Å². The van der Waals surface area contributed by atoms with Crippen LogP contribution in [0.4, 0.5) is 0 Å². The number of rotatable bonds is 9. The van der Waals surface area contributed by atoms with Crippen LogP contribution in [-0.2, 0) is 16.6 Å². The summed E-state index contributed by atoms with van der Waals surface area (Å²) in [4.78, 5) is 0. The molecule has 0 spiro atoms. The number of hydrogen-bond acceptors (Lipinski definition) is 4. The van der Waals surface area contributed by atoms with Crippen LogP contribution in [0.15, 0.2) is 18.2 Å². The van der Waals surface area contributed by atoms with E-state index in [9.17, 15) is 8.42 Å². The highest BCUT2D eigenvalue weighted by atomic mass is 35.5. The predicted octanol–water partition coefficient (Wildman–Crippen LogP) is 2.16. The molecule has 0 aromatic heterocycles. The van der Waals surface area contributed by atoms with Crippen molar-refractivity contribution in [1.29, 1.82) is 0 Å². The summed E-state index contributed by atoms with van der Waals surface area (Å²) in [6.45, 7) is 4.85. The van der Waals surface area contributed by atoms with E-state index in [1.165, 1.54) is 7.11 Å². The lowest BCUT2D eigenvalue weighted by atomic mass is 10.2. The smallest absolute Gasteiger partial charge is 0.211 e. The Hall–Kier alpha value is -0.820. The summed E-state index contributed by atoms with van der Waals surface area (Å²) in [5, 5.41) is 3.67. The first kappa shape index (κ1) is 18.2. The number of benzene rings is 1. The molecule has 0 aliphatic rings. The van der Waals surface area contributed by atoms with E-state index in [0.717, 1.165) is 0 Å². The van der Waals surface area contributed by atoms with Gasteiger partial charge in [0.2, 0.25) is 10.0 Å². The van der Waals surface area contributed by atoms with Gasteiger partial charge in [-0.05, 0) is 25.1 Å². The van der Waals surface area contributed by atoms with E-state index in [4.69, 9.17) is 16.3 Å². The number of methoxy groups -OCH3 is 1. The Labute approximate surface area is 132 Å². The van der Waals surface area contributed by atoms with Crippen molar-refractivity contribution in [2.24, 2.45) is 0 Å². The van der Waals surface area contributed by atoms with Gasteiger partial charge in [0.1, 0.15) is 5.75 Å². The van der Waals surface area contributed by atoms with Gasteiger partial charge in [-0.1, -0.05) is 31.5 Å². The minimum atomic E-state index is -3.32. The number of hydrogen-bond donors (Lipinski definition) is 2. The fourth-order valence-electron chi connectivity index (χ4n) is 1.81. The molecule has 0 aliphatic carbocycles. The van der Waals surface area contributed by atoms with Crippen molar-refractivity contribution < 1.29 is 13.2 Å². The Morgan fingerprint density at radius 3 is 2.67 bits per heavy atom. The minimum absolute atomic E-state index is 0.0828. The molecule has 2 N–H and O–H groups in total. The van der Waals surface area contributed by atoms with Crippen molar-refractivity contribution in [3.05, 3.63) is 28.8 Å². The molecule has 120 valence electrons. The van der Waals surface area contributed by atoms with Crippen LogP contribution in [0.5, 0.6) is 5.75 Å². The molecule has 1 aromatic rings. The summed E-state index contributed by atoms with van der Waals surface area (Å²) in [7, 11) is -1.79. The number of ether oxygens (including phenoxy) is 1. The van der Waals surface area contributed by atoms with Crippen LogP contribution in [-0.4, -0.2) is 33.9 Å². The average Bonchev–Trinajstić information content (AvgIpc) is 2.42. The molecule has 0 amide bonds. The summed E-state index contributed by atoms with van der Waals surface area (Å²) in [5.41, 5.74) is 0.644. The van der Waals surface area contributed by atoms with Crippen molar-refractivity contribution >= 4 is 21.6 Å². The Morgan fingerprint density at radius 2 is 2.05 bits per heavy atom. The maximum absolute atomic E-state index is 11.9. The zero-order valence-corrected chi connectivity index (χ0v) is 14.2. The van der Waals surface area contributed by atoms with Gasteiger partial charge in [-0.2, -0.15) is 0 Å². The standard InChI is InChI=1S/C14H23ClN2O3S/c1-11(2)16-8-5-9-21(18,19)17-10-12-13(15)6-4-7-14(12)20-3/h4,6-7,11,16-17H,5,8-10H2,1-3H3. The number of nitrogens with one attached hydrogen (secondary N) is 2. The molecular formula is C14H23ClN2O3S. The molecule has 1 rings (SSSR count). The summed E-state index contributed by atoms with van der Waals surface area (Å²) in [5.74, 6) is 0.658. The van der Waals surface area contributed by atoms with Crippen LogP contribution in [0.25, 0.3) is 0 Å². The molecule has 0 radical (unpaired) electrons. The van der Waals surface area contributed by atoms with Crippen LogP contribution in [0, 0.1) is 0 Å². The van der Waals surface area contributed by atoms with Gasteiger partial charge in [0.25, 0.3) is 0 Å². The van der Waals surface area contributed by atoms with Crippen LogP contribution in [0.1, 0.15) is 25.8 Å². The maximum Gasteiger partial charge on any atom is 0.211 e. The number of sulfonamides is 1. The van der Waals surface area contributed by atoms with Crippen LogP contribution < -0.4 is 14.8 Å². The van der Waals surface area contributed by atoms with E-state index >= 15 is 0 Å². The molecular weight excluding hydrogens is 312 g/mol. The molecule has 0 saturated carbocycles. The van der Waals surface area contributed by atoms with E-state index in [2.05, 4.69) is 10.0 Å². The molecule has 0 fully saturated rings. The highest BCUT2D eigenvalue weighted by Gasteiger charge is 2.13. The van der Waals surface area contributed by atoms with Gasteiger partial charge in [0.05, 0.1) is 12.9 Å². The van der Waals surface area contributed by atoms with E-state index in [1.807, 2.05) is 13.8 Å². The third kappa shape index (κ3) is 6.65. The largest absolute Gasteiger partial charge is 0.496 e. The van der Waals surface area contributed by atoms with Gasteiger partial charge in [-0.3, -0.25) is 0 Å². The molecule has 0 aliphatic heterocycles. The zero-order valence-electron chi connectivity index (χ0n) is 12.6. The van der Waals surface area contributed by atoms with Crippen LogP contribution >= 0.6 is 11.6 Å². The summed E-state index contributed by atoms with van der Waals surface area (Å²) >= 11 is 6.07. The fourth-order valence-corrected chi connectivity index (χ4v) is 3.07. The molecule has 0 bridgehead atoms. The van der Waals surface area contributed by atoms with E-state index in [0.29, 0.717) is 35.3 Å². The third-order valence-electron chi connectivity index (χ3n) is 2.91. The zero-order chi connectivity index (χ0) is 15.9. The van der Waals surface area contributed by atoms with Crippen LogP contribution in [0.2, 0.25) is 5.02 Å². The Bertz CT molecular complexity index is 547. The second-order valence-electron chi connectivity index (χ2n) is 5.02. The quantitative estimate of drug-likeness (QED) is 0.679. The van der Waals surface area contributed by atoms with Gasteiger partial charge >= 0.3 is 0 Å². The van der Waals surface area contributed by atoms with Gasteiger partial charge in [-0.15, -0.1) is 0 Å². The van der Waals surface area contributed by atoms with Crippen molar-refractivity contribution in [3.8, 4) is 5.75 Å². The lowest BCUT2D eigenvalue weighted by Gasteiger charge is -2.12. The van der Waals surface area contributed by atoms with E-state index in [1.54, 1.807) is 18.2 Å². The molecule has 1 aromatic carbocycles. The lowest BCUT2D eigenvalue weighted by molar-refractivity contribution is 0.409. The first-order valence-electron chi connectivity index (χ1n) is 6.88. The van der Waals surface area contributed by atoms with Gasteiger partial charge in [0.15, 0.2) is 0 Å². The van der Waals surface area contributed by atoms with E-state index in [-0.39, 0.29) is 12.3 Å². The monoisotopic (exact) mass is 334 g/mol. The average molecular weight is 335 g/mol. The summed E-state index contributed by atoms with van der Waals surface area (Å²) in [6, 6.07) is 5.58. The van der Waals surface area contributed by atoms with Crippen molar-refractivity contribution in [3.63, 3.8) is 0 Å². The molecule has 5 nitrogen and oxygen atoms in total. The highest BCUT2D eigenvalue weighted by molar-refractivity contribution is 7.89. The Balaban J connectivity index is 2.54. The normalized spacial score (nSPS) is 11.9. The maximum atomic E-state index is 11.9. The first-order valence-corrected chi connectivity index (χ1v) is 8.91. The first-order chi connectivity index (χ1) is 9.85. The second-order valence-corrected chi connectivity index (χ2v) is 7.36. The van der Waals surface area contributed by atoms with Gasteiger partial charge < -0.3 is 10.1 Å². The van der Waals surface area contributed by atoms with Gasteiger partial charge in [-0.25, -0.2) is 13.1 Å². The van der Waals surface area contributed by atoms with Crippen molar-refractivity contribution in [2.75, 3.05) is 19.4 Å². The van der Waals surface area contributed by atoms with E-state index < -0.39 is 10.0 Å². The second kappa shape index (κ2) is 8.58. The lowest BCUT2D eigenvalue weighted by Crippen LogP contribution is -2.30. The fraction of sp³-hybridized carbons (Fsp3) is 0.571.